The molecule has 0 spiro atoms. The van der Waals surface area contributed by atoms with Crippen LogP contribution in [0.1, 0.15) is 77.8 Å². The zero-order valence-corrected chi connectivity index (χ0v) is 36.2. The van der Waals surface area contributed by atoms with Gasteiger partial charge in [0.2, 0.25) is 47.3 Å². The zero-order valence-electron chi connectivity index (χ0n) is 36.2. The summed E-state index contributed by atoms with van der Waals surface area (Å²) in [5.41, 5.74) is 1.41. The lowest BCUT2D eigenvalue weighted by atomic mass is 9.96. The van der Waals surface area contributed by atoms with Crippen molar-refractivity contribution in [2.45, 2.75) is 128 Å². The van der Waals surface area contributed by atoms with E-state index in [4.69, 9.17) is 0 Å². The van der Waals surface area contributed by atoms with Gasteiger partial charge in [-0.3, -0.25) is 38.4 Å². The van der Waals surface area contributed by atoms with Crippen molar-refractivity contribution >= 4 is 47.3 Å². The first-order chi connectivity index (χ1) is 29.6. The molecule has 9 atom stereocenters. The Labute approximate surface area is 362 Å². The molecule has 2 aromatic rings. The molecule has 3 heterocycles. The van der Waals surface area contributed by atoms with E-state index in [1.165, 1.54) is 16.7 Å². The summed E-state index contributed by atoms with van der Waals surface area (Å²) in [6.07, 6.45) is 0.592. The van der Waals surface area contributed by atoms with Crippen LogP contribution in [0.25, 0.3) is 0 Å². The molecule has 2 aromatic carbocycles. The van der Waals surface area contributed by atoms with E-state index in [0.717, 1.165) is 5.56 Å². The molecule has 0 aliphatic carbocycles. The summed E-state index contributed by atoms with van der Waals surface area (Å²) in [5, 5.41) is 27.2. The van der Waals surface area contributed by atoms with Crippen LogP contribution in [0, 0.1) is 11.8 Å². The summed E-state index contributed by atoms with van der Waals surface area (Å²) in [4.78, 5) is 115. The number of fused-ring (bicyclic) bond motifs is 2. The normalized spacial score (nSPS) is 27.4. The van der Waals surface area contributed by atoms with E-state index in [2.05, 4.69) is 31.9 Å². The van der Waals surface area contributed by atoms with Gasteiger partial charge in [0.15, 0.2) is 0 Å². The Balaban J connectivity index is 1.52. The molecule has 3 aliphatic heterocycles. The summed E-state index contributed by atoms with van der Waals surface area (Å²) in [6.45, 7) is 8.31. The Morgan fingerprint density at radius 1 is 0.581 bits per heavy atom. The molecule has 0 radical (unpaired) electrons. The van der Waals surface area contributed by atoms with Gasteiger partial charge in [-0.1, -0.05) is 94.8 Å². The number of amides is 8. The lowest BCUT2D eigenvalue weighted by Gasteiger charge is -2.33. The van der Waals surface area contributed by atoms with Gasteiger partial charge in [0.05, 0.1) is 12.6 Å². The fraction of sp³-hybridized carbons (Fsp3) is 0.556. The second-order valence-corrected chi connectivity index (χ2v) is 17.0. The van der Waals surface area contributed by atoms with E-state index in [9.17, 15) is 43.5 Å². The fourth-order valence-electron chi connectivity index (χ4n) is 8.23. The predicted molar refractivity (Wildman–Crippen MR) is 228 cm³/mol. The van der Waals surface area contributed by atoms with Crippen molar-refractivity contribution in [3.8, 4) is 0 Å². The van der Waals surface area contributed by atoms with Crippen LogP contribution >= 0.6 is 0 Å². The van der Waals surface area contributed by atoms with Gasteiger partial charge in [-0.05, 0) is 55.6 Å². The van der Waals surface area contributed by atoms with E-state index >= 15 is 0 Å². The van der Waals surface area contributed by atoms with Gasteiger partial charge in [0, 0.05) is 25.9 Å². The van der Waals surface area contributed by atoms with Crippen LogP contribution in [0.2, 0.25) is 0 Å². The van der Waals surface area contributed by atoms with E-state index < -0.39 is 114 Å². The third kappa shape index (κ3) is 12.0. The Kier molecular flexibility index (Phi) is 16.6. The Bertz CT molecular complexity index is 1930. The first-order valence-corrected chi connectivity index (χ1v) is 21.7. The van der Waals surface area contributed by atoms with Gasteiger partial charge in [-0.25, -0.2) is 0 Å². The van der Waals surface area contributed by atoms with E-state index in [0.29, 0.717) is 31.2 Å². The smallest absolute Gasteiger partial charge is 0.246 e. The number of aliphatic hydroxyl groups excluding tert-OH is 1. The quantitative estimate of drug-likeness (QED) is 0.190. The molecule has 5 rings (SSSR count). The summed E-state index contributed by atoms with van der Waals surface area (Å²) < 4.78 is 0. The molecule has 0 saturated carbocycles. The van der Waals surface area contributed by atoms with Gasteiger partial charge >= 0.3 is 0 Å². The molecule has 3 aliphatic rings. The van der Waals surface area contributed by atoms with Crippen LogP contribution in [-0.4, -0.2) is 130 Å². The van der Waals surface area contributed by atoms with Gasteiger partial charge in [-0.15, -0.1) is 0 Å². The number of rotatable bonds is 8. The van der Waals surface area contributed by atoms with Crippen molar-refractivity contribution in [3.05, 3.63) is 71.8 Å². The molecule has 8 amide bonds. The minimum Gasteiger partial charge on any atom is -0.391 e. The fourth-order valence-corrected chi connectivity index (χ4v) is 8.23. The minimum absolute atomic E-state index is 0.00117. The topological polar surface area (TPSA) is 235 Å². The van der Waals surface area contributed by atoms with Crippen LogP contribution in [0.15, 0.2) is 60.7 Å². The second-order valence-electron chi connectivity index (χ2n) is 17.0. The minimum atomic E-state index is -1.55. The molecule has 17 heteroatoms. The number of carbonyl (C=O) groups excluding carboxylic acids is 8. The third-order valence-corrected chi connectivity index (χ3v) is 12.0. The van der Waals surface area contributed by atoms with Crippen LogP contribution in [0.3, 0.4) is 0 Å². The van der Waals surface area contributed by atoms with E-state index in [1.807, 2.05) is 13.0 Å². The number of aliphatic hydroxyl groups is 1. The number of nitrogens with zero attached hydrogens (tertiary/aromatic N) is 2. The number of nitrogens with one attached hydrogen (secondary N) is 6. The van der Waals surface area contributed by atoms with Crippen molar-refractivity contribution in [1.29, 1.82) is 0 Å². The number of hydrogen-bond donors (Lipinski definition) is 7. The monoisotopic (exact) mass is 858 g/mol. The molecule has 3 saturated heterocycles. The lowest BCUT2D eigenvalue weighted by Crippen LogP contribution is -2.63. The molecule has 0 bridgehead atoms. The Morgan fingerprint density at radius 3 is 1.55 bits per heavy atom. The van der Waals surface area contributed by atoms with Gasteiger partial charge in [-0.2, -0.15) is 0 Å². The predicted octanol–water partition coefficient (Wildman–Crippen LogP) is 0.0905. The van der Waals surface area contributed by atoms with Crippen molar-refractivity contribution in [2.75, 3.05) is 19.6 Å². The Hall–Kier alpha value is -5.84. The highest BCUT2D eigenvalue weighted by molar-refractivity contribution is 5.99. The maximum absolute atomic E-state index is 14.4. The first kappa shape index (κ1) is 47.2. The molecule has 17 nitrogen and oxygen atoms in total. The highest BCUT2D eigenvalue weighted by atomic mass is 16.3. The van der Waals surface area contributed by atoms with E-state index in [-0.39, 0.29) is 32.4 Å². The third-order valence-electron chi connectivity index (χ3n) is 12.0. The highest BCUT2D eigenvalue weighted by Gasteiger charge is 2.43. The van der Waals surface area contributed by atoms with Crippen molar-refractivity contribution < 1.29 is 43.5 Å². The molecular formula is C45H62N8O9. The molecular weight excluding hydrogens is 797 g/mol. The standard InChI is InChI=1S/C45H62N8O9/c1-6-27(4)37-45(62)52-21-13-19-33(52)41(58)46-25-35(55)47-31(23-29-15-9-7-10-16-29)39(56)49-36(26(2)3)44(61)53-22-14-20-34(53)42(59)48-32(24-30-17-11-8-12-18-30)40(57)51-38(28(5)54)43(60)50-37/h7-12,15-18,26-28,31-34,36-38,54H,6,13-14,19-25H2,1-5H3,(H,46,58)(H,47,55)(H,48,59)(H,49,56)(H,50,60)(H,51,57)/t27-,28-,31+,32-,33-,34+,36-,37+,38-/m0/s1. The number of carbonyl (C=O) groups is 8. The SMILES string of the molecule is CC[C@H](C)[C@H]1NC(=O)[C@H]([C@H](C)O)NC(=O)[C@H](Cc2ccccc2)NC(=O)[C@H]2CCCN2C(=O)[C@H](C(C)C)NC(=O)[C@@H](Cc2ccccc2)NC(=O)CNC(=O)[C@@H]2CCCN2C1=O. The van der Waals surface area contributed by atoms with Gasteiger partial charge in [0.1, 0.15) is 42.3 Å². The first-order valence-electron chi connectivity index (χ1n) is 21.7. The van der Waals surface area contributed by atoms with Crippen LogP contribution < -0.4 is 31.9 Å². The van der Waals surface area contributed by atoms with E-state index in [1.54, 1.807) is 75.4 Å². The van der Waals surface area contributed by atoms with Crippen molar-refractivity contribution in [1.82, 2.24) is 41.7 Å². The van der Waals surface area contributed by atoms with Crippen molar-refractivity contribution in [2.24, 2.45) is 11.8 Å². The maximum Gasteiger partial charge on any atom is 0.246 e. The largest absolute Gasteiger partial charge is 0.391 e. The lowest BCUT2D eigenvalue weighted by molar-refractivity contribution is -0.144. The average Bonchev–Trinajstić information content (AvgIpc) is 3.96. The zero-order chi connectivity index (χ0) is 45.1. The molecule has 0 aromatic heterocycles. The molecule has 3 fully saturated rings. The van der Waals surface area contributed by atoms with Gasteiger partial charge < -0.3 is 46.8 Å². The number of hydrogen-bond acceptors (Lipinski definition) is 9. The summed E-state index contributed by atoms with van der Waals surface area (Å²) in [6, 6.07) is 9.68. The Morgan fingerprint density at radius 2 is 1.05 bits per heavy atom. The molecule has 336 valence electrons. The molecule has 62 heavy (non-hydrogen) atoms. The average molecular weight is 859 g/mol. The summed E-state index contributed by atoms with van der Waals surface area (Å²) >= 11 is 0. The second kappa shape index (κ2) is 21.8. The van der Waals surface area contributed by atoms with Crippen LogP contribution in [-0.2, 0) is 51.2 Å². The summed E-state index contributed by atoms with van der Waals surface area (Å²) in [7, 11) is 0. The highest BCUT2D eigenvalue weighted by Crippen LogP contribution is 2.23. The van der Waals surface area contributed by atoms with Crippen molar-refractivity contribution in [3.63, 3.8) is 0 Å². The van der Waals surface area contributed by atoms with Crippen LogP contribution in [0.4, 0.5) is 0 Å². The van der Waals surface area contributed by atoms with Crippen LogP contribution in [0.5, 0.6) is 0 Å². The molecule has 0 unspecified atom stereocenters. The maximum atomic E-state index is 14.4. The molecule has 7 N–H and O–H groups in total. The van der Waals surface area contributed by atoms with Gasteiger partial charge in [0.25, 0.3) is 0 Å². The summed E-state index contributed by atoms with van der Waals surface area (Å²) in [5.74, 6) is -6.09. The number of benzene rings is 2.